The Balaban J connectivity index is 2.29. The van der Waals surface area contributed by atoms with Gasteiger partial charge in [0.05, 0.1) is 0 Å². The van der Waals surface area contributed by atoms with Gasteiger partial charge >= 0.3 is 0 Å². The van der Waals surface area contributed by atoms with E-state index in [4.69, 9.17) is 5.73 Å². The minimum atomic E-state index is -0.790. The van der Waals surface area contributed by atoms with Gasteiger partial charge < -0.3 is 5.73 Å². The van der Waals surface area contributed by atoms with Gasteiger partial charge in [-0.15, -0.1) is 0 Å². The van der Waals surface area contributed by atoms with Gasteiger partial charge in [-0.25, -0.2) is 8.78 Å². The Bertz CT molecular complexity index is 387. The molecule has 0 spiro atoms. The van der Waals surface area contributed by atoms with Gasteiger partial charge in [0, 0.05) is 0 Å². The fraction of sp³-hybridized carbons (Fsp3) is 0.500. The van der Waals surface area contributed by atoms with Gasteiger partial charge in [-0.1, -0.05) is 19.9 Å². The number of rotatable bonds is 2. The van der Waals surface area contributed by atoms with Gasteiger partial charge in [0.15, 0.2) is 11.6 Å². The van der Waals surface area contributed by atoms with Crippen LogP contribution in [0, 0.1) is 23.0 Å². The highest BCUT2D eigenvalue weighted by atomic mass is 19.2. The molecule has 1 aromatic rings. The maximum Gasteiger partial charge on any atom is 0.159 e. The lowest BCUT2D eigenvalue weighted by atomic mass is 10.0. The van der Waals surface area contributed by atoms with Crippen molar-refractivity contribution in [2.45, 2.75) is 19.8 Å². The third-order valence-electron chi connectivity index (χ3n) is 3.61. The van der Waals surface area contributed by atoms with Crippen molar-refractivity contribution in [3.63, 3.8) is 0 Å². The van der Waals surface area contributed by atoms with Crippen LogP contribution in [-0.4, -0.2) is 6.54 Å². The lowest BCUT2D eigenvalue weighted by Gasteiger charge is -2.03. The van der Waals surface area contributed by atoms with Crippen LogP contribution in [0.3, 0.4) is 0 Å². The standard InChI is InChI=1S/C12H15F2N/c1-12(2)8(6-15)11(12)7-3-4-9(13)10(14)5-7/h3-5,8,11H,6,15H2,1-2H3. The van der Waals surface area contributed by atoms with E-state index in [1.165, 1.54) is 12.1 Å². The molecular weight excluding hydrogens is 196 g/mol. The minimum absolute atomic E-state index is 0.110. The summed E-state index contributed by atoms with van der Waals surface area (Å²) in [5.74, 6) is -0.924. The third-order valence-corrected chi connectivity index (χ3v) is 3.61. The predicted molar refractivity (Wildman–Crippen MR) is 55.4 cm³/mol. The van der Waals surface area contributed by atoms with Crippen molar-refractivity contribution in [3.8, 4) is 0 Å². The Kier molecular flexibility index (Phi) is 2.30. The average molecular weight is 211 g/mol. The number of hydrogen-bond donors (Lipinski definition) is 1. The van der Waals surface area contributed by atoms with Gasteiger partial charge in [0.25, 0.3) is 0 Å². The van der Waals surface area contributed by atoms with Crippen molar-refractivity contribution in [2.75, 3.05) is 6.54 Å². The maximum atomic E-state index is 13.0. The summed E-state index contributed by atoms with van der Waals surface area (Å²) in [5.41, 5.74) is 6.60. The molecule has 1 aliphatic carbocycles. The van der Waals surface area contributed by atoms with Gasteiger partial charge in [-0.3, -0.25) is 0 Å². The molecule has 0 bridgehead atoms. The molecule has 2 unspecified atom stereocenters. The van der Waals surface area contributed by atoms with E-state index >= 15 is 0 Å². The van der Waals surface area contributed by atoms with Crippen LogP contribution in [0.2, 0.25) is 0 Å². The van der Waals surface area contributed by atoms with Crippen molar-refractivity contribution < 1.29 is 8.78 Å². The molecule has 0 radical (unpaired) electrons. The molecule has 82 valence electrons. The van der Waals surface area contributed by atoms with Crippen LogP contribution in [-0.2, 0) is 0 Å². The van der Waals surface area contributed by atoms with Crippen LogP contribution in [0.1, 0.15) is 25.3 Å². The van der Waals surface area contributed by atoms with E-state index in [2.05, 4.69) is 13.8 Å². The zero-order valence-corrected chi connectivity index (χ0v) is 8.93. The van der Waals surface area contributed by atoms with E-state index in [9.17, 15) is 8.78 Å². The first kappa shape index (κ1) is 10.6. The van der Waals surface area contributed by atoms with Crippen LogP contribution in [0.25, 0.3) is 0 Å². The SMILES string of the molecule is CC1(C)C(CN)C1c1ccc(F)c(F)c1. The van der Waals surface area contributed by atoms with E-state index in [0.717, 1.165) is 5.56 Å². The molecule has 15 heavy (non-hydrogen) atoms. The fourth-order valence-corrected chi connectivity index (χ4v) is 2.55. The fourth-order valence-electron chi connectivity index (χ4n) is 2.55. The molecular formula is C12H15F2N. The Morgan fingerprint density at radius 2 is 1.93 bits per heavy atom. The van der Waals surface area contributed by atoms with E-state index in [0.29, 0.717) is 12.5 Å². The molecule has 1 aromatic carbocycles. The van der Waals surface area contributed by atoms with E-state index in [1.54, 1.807) is 6.07 Å². The summed E-state index contributed by atoms with van der Waals surface area (Å²) in [6.07, 6.45) is 0. The smallest absolute Gasteiger partial charge is 0.159 e. The first-order chi connectivity index (χ1) is 6.98. The number of benzene rings is 1. The molecule has 2 atom stereocenters. The van der Waals surface area contributed by atoms with Crippen molar-refractivity contribution >= 4 is 0 Å². The Labute approximate surface area is 88.3 Å². The molecule has 1 saturated carbocycles. The van der Waals surface area contributed by atoms with Crippen LogP contribution < -0.4 is 5.73 Å². The molecule has 2 rings (SSSR count). The monoisotopic (exact) mass is 211 g/mol. The topological polar surface area (TPSA) is 26.0 Å². The first-order valence-electron chi connectivity index (χ1n) is 5.13. The normalized spacial score (nSPS) is 27.8. The minimum Gasteiger partial charge on any atom is -0.330 e. The van der Waals surface area contributed by atoms with Gasteiger partial charge in [0.1, 0.15) is 0 Å². The summed E-state index contributed by atoms with van der Waals surface area (Å²) in [5, 5.41) is 0. The second kappa shape index (κ2) is 3.27. The first-order valence-corrected chi connectivity index (χ1v) is 5.13. The molecule has 0 aromatic heterocycles. The van der Waals surface area contributed by atoms with E-state index < -0.39 is 11.6 Å². The van der Waals surface area contributed by atoms with Crippen LogP contribution >= 0.6 is 0 Å². The Morgan fingerprint density at radius 3 is 2.40 bits per heavy atom. The summed E-state index contributed by atoms with van der Waals surface area (Å²) < 4.78 is 25.8. The maximum absolute atomic E-state index is 13.0. The van der Waals surface area contributed by atoms with E-state index in [1.807, 2.05) is 0 Å². The molecule has 0 aliphatic heterocycles. The van der Waals surface area contributed by atoms with Gasteiger partial charge in [-0.2, -0.15) is 0 Å². The summed E-state index contributed by atoms with van der Waals surface area (Å²) in [7, 11) is 0. The van der Waals surface area contributed by atoms with E-state index in [-0.39, 0.29) is 11.3 Å². The Morgan fingerprint density at radius 1 is 1.27 bits per heavy atom. The third kappa shape index (κ3) is 1.55. The molecule has 2 N–H and O–H groups in total. The van der Waals surface area contributed by atoms with Crippen LogP contribution in [0.15, 0.2) is 18.2 Å². The summed E-state index contributed by atoms with van der Waals surface area (Å²) in [6.45, 7) is 4.81. The van der Waals surface area contributed by atoms with Gasteiger partial charge in [0.2, 0.25) is 0 Å². The number of halogens is 2. The number of hydrogen-bond acceptors (Lipinski definition) is 1. The van der Waals surface area contributed by atoms with Crippen molar-refractivity contribution in [1.82, 2.24) is 0 Å². The highest BCUT2D eigenvalue weighted by Gasteiger charge is 2.57. The molecule has 0 heterocycles. The van der Waals surface area contributed by atoms with Gasteiger partial charge in [-0.05, 0) is 41.5 Å². The summed E-state index contributed by atoms with van der Waals surface area (Å²) >= 11 is 0. The lowest BCUT2D eigenvalue weighted by Crippen LogP contribution is -2.05. The molecule has 0 amide bonds. The molecule has 0 saturated heterocycles. The molecule has 1 aliphatic rings. The zero-order valence-electron chi connectivity index (χ0n) is 8.93. The summed E-state index contributed by atoms with van der Waals surface area (Å²) in [4.78, 5) is 0. The van der Waals surface area contributed by atoms with Crippen molar-refractivity contribution in [1.29, 1.82) is 0 Å². The van der Waals surface area contributed by atoms with Crippen LogP contribution in [0.5, 0.6) is 0 Å². The van der Waals surface area contributed by atoms with Crippen molar-refractivity contribution in [3.05, 3.63) is 35.4 Å². The molecule has 1 nitrogen and oxygen atoms in total. The highest BCUT2D eigenvalue weighted by Crippen LogP contribution is 2.63. The second-order valence-electron chi connectivity index (χ2n) is 4.81. The number of nitrogens with two attached hydrogens (primary N) is 1. The quantitative estimate of drug-likeness (QED) is 0.799. The summed E-state index contributed by atoms with van der Waals surface area (Å²) in [6, 6.07) is 4.13. The van der Waals surface area contributed by atoms with Crippen LogP contribution in [0.4, 0.5) is 8.78 Å². The largest absolute Gasteiger partial charge is 0.330 e. The Hall–Kier alpha value is -0.960. The lowest BCUT2D eigenvalue weighted by molar-refractivity contribution is 0.505. The van der Waals surface area contributed by atoms with Crippen molar-refractivity contribution in [2.24, 2.45) is 17.1 Å². The highest BCUT2D eigenvalue weighted by molar-refractivity contribution is 5.32. The average Bonchev–Trinajstić information content (AvgIpc) is 2.73. The second-order valence-corrected chi connectivity index (χ2v) is 4.81. The molecule has 3 heteroatoms. The molecule has 1 fully saturated rings. The zero-order chi connectivity index (χ0) is 11.2. The predicted octanol–water partition coefficient (Wildman–Crippen LogP) is 2.66.